The van der Waals surface area contributed by atoms with Crippen molar-refractivity contribution in [2.24, 2.45) is 0 Å². The third kappa shape index (κ3) is 2.31. The number of para-hydroxylation sites is 1. The van der Waals surface area contributed by atoms with E-state index in [1.54, 1.807) is 6.20 Å². The molecule has 0 amide bonds. The number of aromatic amines is 1. The van der Waals surface area contributed by atoms with Gasteiger partial charge in [0.1, 0.15) is 17.1 Å². The Morgan fingerprint density at radius 1 is 0.818 bits per heavy atom. The first kappa shape index (κ1) is 12.6. The summed E-state index contributed by atoms with van der Waals surface area (Å²) in [6.45, 7) is 0. The molecule has 1 N–H and O–H groups in total. The normalized spacial score (nSPS) is 10.7. The maximum absolute atomic E-state index is 5.93. The zero-order valence-electron chi connectivity index (χ0n) is 11.7. The van der Waals surface area contributed by atoms with Crippen LogP contribution in [0.4, 0.5) is 0 Å². The van der Waals surface area contributed by atoms with E-state index in [-0.39, 0.29) is 0 Å². The molecule has 0 aliphatic heterocycles. The lowest BCUT2D eigenvalue weighted by Crippen LogP contribution is -1.86. The number of imidazole rings is 1. The average Bonchev–Trinajstić information content (AvgIpc) is 3.02. The fourth-order valence-electron chi connectivity index (χ4n) is 2.32. The summed E-state index contributed by atoms with van der Waals surface area (Å²) in [5.74, 6) is 2.28. The maximum Gasteiger partial charge on any atom is 0.181 e. The second kappa shape index (κ2) is 5.33. The van der Waals surface area contributed by atoms with Crippen LogP contribution in [0.2, 0.25) is 0 Å². The van der Waals surface area contributed by atoms with E-state index < -0.39 is 0 Å². The molecule has 0 aliphatic carbocycles. The minimum Gasteiger partial charge on any atom is -0.455 e. The first-order valence-corrected chi connectivity index (χ1v) is 7.03. The Morgan fingerprint density at radius 2 is 1.55 bits per heavy atom. The van der Waals surface area contributed by atoms with Crippen LogP contribution in [0, 0.1) is 0 Å². The number of H-pyrrole nitrogens is 1. The van der Waals surface area contributed by atoms with E-state index in [9.17, 15) is 0 Å². The predicted octanol–water partition coefficient (Wildman–Crippen LogP) is 4.42. The number of pyridine rings is 1. The Balaban J connectivity index is 1.78. The monoisotopic (exact) mass is 287 g/mol. The second-order valence-corrected chi connectivity index (χ2v) is 4.87. The number of hydrogen-bond acceptors (Lipinski definition) is 3. The Labute approximate surface area is 127 Å². The lowest BCUT2D eigenvalue weighted by Gasteiger charge is -2.05. The van der Waals surface area contributed by atoms with Crippen molar-refractivity contribution in [1.82, 2.24) is 15.0 Å². The predicted molar refractivity (Wildman–Crippen MR) is 85.8 cm³/mol. The van der Waals surface area contributed by atoms with Gasteiger partial charge in [-0.25, -0.2) is 9.97 Å². The van der Waals surface area contributed by atoms with E-state index in [4.69, 9.17) is 4.74 Å². The van der Waals surface area contributed by atoms with Crippen molar-refractivity contribution in [3.63, 3.8) is 0 Å². The number of rotatable bonds is 3. The van der Waals surface area contributed by atoms with Crippen molar-refractivity contribution < 1.29 is 4.74 Å². The number of fused-ring (bicyclic) bond motifs is 1. The molecule has 4 nitrogen and oxygen atoms in total. The number of hydrogen-bond donors (Lipinski definition) is 1. The largest absolute Gasteiger partial charge is 0.455 e. The number of benzene rings is 2. The highest BCUT2D eigenvalue weighted by Crippen LogP contribution is 2.29. The van der Waals surface area contributed by atoms with Gasteiger partial charge in [0, 0.05) is 17.8 Å². The minimum atomic E-state index is 0.646. The molecular formula is C18H13N3O. The molecule has 0 unspecified atom stereocenters. The molecule has 2 heterocycles. The molecule has 0 atom stereocenters. The topological polar surface area (TPSA) is 50.8 Å². The van der Waals surface area contributed by atoms with Gasteiger partial charge in [0.2, 0.25) is 0 Å². The van der Waals surface area contributed by atoms with Gasteiger partial charge >= 0.3 is 0 Å². The van der Waals surface area contributed by atoms with Crippen molar-refractivity contribution in [3.8, 4) is 22.9 Å². The van der Waals surface area contributed by atoms with E-state index in [1.807, 2.05) is 66.7 Å². The molecule has 22 heavy (non-hydrogen) atoms. The molecule has 2 aromatic heterocycles. The number of nitrogens with one attached hydrogen (secondary N) is 1. The minimum absolute atomic E-state index is 0.646. The number of ether oxygens (including phenoxy) is 1. The molecule has 4 heteroatoms. The van der Waals surface area contributed by atoms with Gasteiger partial charge in [-0.15, -0.1) is 0 Å². The summed E-state index contributed by atoms with van der Waals surface area (Å²) in [6, 6.07) is 21.5. The summed E-state index contributed by atoms with van der Waals surface area (Å²) >= 11 is 0. The van der Waals surface area contributed by atoms with Crippen LogP contribution in [-0.2, 0) is 0 Å². The Hall–Kier alpha value is -3.14. The molecule has 106 valence electrons. The molecule has 2 aromatic carbocycles. The molecule has 0 radical (unpaired) electrons. The summed E-state index contributed by atoms with van der Waals surface area (Å²) in [5.41, 5.74) is 2.46. The SMILES string of the molecule is c1ccc(Oc2ccnc3nc(-c4ccccc4)[nH]c23)cc1. The molecule has 0 aliphatic rings. The molecule has 0 saturated heterocycles. The van der Waals surface area contributed by atoms with Crippen LogP contribution in [0.25, 0.3) is 22.6 Å². The van der Waals surface area contributed by atoms with Gasteiger partial charge in [-0.05, 0) is 12.1 Å². The summed E-state index contributed by atoms with van der Waals surface area (Å²) in [7, 11) is 0. The van der Waals surface area contributed by atoms with Crippen molar-refractivity contribution in [3.05, 3.63) is 72.9 Å². The third-order valence-electron chi connectivity index (χ3n) is 3.37. The van der Waals surface area contributed by atoms with Crippen LogP contribution in [0.5, 0.6) is 11.5 Å². The average molecular weight is 287 g/mol. The van der Waals surface area contributed by atoms with Gasteiger partial charge in [0.05, 0.1) is 0 Å². The van der Waals surface area contributed by atoms with Gasteiger partial charge in [-0.2, -0.15) is 0 Å². The van der Waals surface area contributed by atoms with Crippen molar-refractivity contribution >= 4 is 11.2 Å². The van der Waals surface area contributed by atoms with Crippen LogP contribution in [0.3, 0.4) is 0 Å². The fourth-order valence-corrected chi connectivity index (χ4v) is 2.32. The molecule has 0 saturated carbocycles. The van der Waals surface area contributed by atoms with Crippen LogP contribution in [-0.4, -0.2) is 15.0 Å². The molecular weight excluding hydrogens is 274 g/mol. The van der Waals surface area contributed by atoms with Gasteiger partial charge in [-0.1, -0.05) is 48.5 Å². The summed E-state index contributed by atoms with van der Waals surface area (Å²) in [5, 5.41) is 0. The first-order valence-electron chi connectivity index (χ1n) is 7.03. The highest BCUT2D eigenvalue weighted by atomic mass is 16.5. The molecule has 0 fully saturated rings. The molecule has 4 rings (SSSR count). The maximum atomic E-state index is 5.93. The van der Waals surface area contributed by atoms with E-state index in [2.05, 4.69) is 15.0 Å². The van der Waals surface area contributed by atoms with Crippen LogP contribution < -0.4 is 4.74 Å². The Kier molecular flexibility index (Phi) is 3.05. The van der Waals surface area contributed by atoms with E-state index in [0.29, 0.717) is 11.4 Å². The van der Waals surface area contributed by atoms with Crippen LogP contribution in [0.1, 0.15) is 0 Å². The molecule has 4 aromatic rings. The van der Waals surface area contributed by atoms with Crippen molar-refractivity contribution in [2.75, 3.05) is 0 Å². The Bertz CT molecular complexity index is 901. The van der Waals surface area contributed by atoms with Gasteiger partial charge in [0.25, 0.3) is 0 Å². The van der Waals surface area contributed by atoms with Crippen LogP contribution in [0.15, 0.2) is 72.9 Å². The van der Waals surface area contributed by atoms with Gasteiger partial charge in [-0.3, -0.25) is 0 Å². The van der Waals surface area contributed by atoms with Gasteiger partial charge in [0.15, 0.2) is 11.4 Å². The van der Waals surface area contributed by atoms with E-state index in [1.165, 1.54) is 0 Å². The lowest BCUT2D eigenvalue weighted by atomic mass is 10.2. The molecule has 0 spiro atoms. The molecule has 0 bridgehead atoms. The lowest BCUT2D eigenvalue weighted by molar-refractivity contribution is 0.487. The number of aromatic nitrogens is 3. The van der Waals surface area contributed by atoms with E-state index in [0.717, 1.165) is 22.7 Å². The highest BCUT2D eigenvalue weighted by molar-refractivity contribution is 5.81. The summed E-state index contributed by atoms with van der Waals surface area (Å²) in [4.78, 5) is 12.1. The van der Waals surface area contributed by atoms with Crippen LogP contribution >= 0.6 is 0 Å². The van der Waals surface area contributed by atoms with Crippen molar-refractivity contribution in [2.45, 2.75) is 0 Å². The zero-order chi connectivity index (χ0) is 14.8. The first-order chi connectivity index (χ1) is 10.9. The second-order valence-electron chi connectivity index (χ2n) is 4.87. The Morgan fingerprint density at radius 3 is 2.32 bits per heavy atom. The third-order valence-corrected chi connectivity index (χ3v) is 3.37. The summed E-state index contributed by atoms with van der Waals surface area (Å²) < 4.78 is 5.93. The van der Waals surface area contributed by atoms with Crippen molar-refractivity contribution in [1.29, 1.82) is 0 Å². The zero-order valence-corrected chi connectivity index (χ0v) is 11.7. The standard InChI is InChI=1S/C18H13N3O/c1-3-7-13(8-4-1)17-20-16-15(11-12-19-18(16)21-17)22-14-9-5-2-6-10-14/h1-12H,(H,19,20,21). The quantitative estimate of drug-likeness (QED) is 0.607. The number of nitrogens with zero attached hydrogens (tertiary/aromatic N) is 2. The smallest absolute Gasteiger partial charge is 0.181 e. The fraction of sp³-hybridized carbons (Fsp3) is 0. The summed E-state index contributed by atoms with van der Waals surface area (Å²) in [6.07, 6.45) is 1.70. The van der Waals surface area contributed by atoms with Gasteiger partial charge < -0.3 is 9.72 Å². The van der Waals surface area contributed by atoms with E-state index >= 15 is 0 Å². The highest BCUT2D eigenvalue weighted by Gasteiger charge is 2.11.